The first-order chi connectivity index (χ1) is 11.9. The van der Waals surface area contributed by atoms with E-state index in [1.807, 2.05) is 30.1 Å². The molecule has 0 spiro atoms. The van der Waals surface area contributed by atoms with Crippen LogP contribution in [0.2, 0.25) is 0 Å². The molecule has 0 saturated carbocycles. The Hall–Kier alpha value is -2.13. The average molecular weight is 338 g/mol. The molecular formula is C22H30N2O. The highest BCUT2D eigenvalue weighted by Crippen LogP contribution is 2.32. The molecule has 2 aromatic carbocycles. The summed E-state index contributed by atoms with van der Waals surface area (Å²) in [6.07, 6.45) is 0. The Morgan fingerprint density at radius 3 is 2.00 bits per heavy atom. The lowest BCUT2D eigenvalue weighted by atomic mass is 9.92. The van der Waals surface area contributed by atoms with Crippen molar-refractivity contribution in [3.63, 3.8) is 0 Å². The van der Waals surface area contributed by atoms with Crippen molar-refractivity contribution in [1.82, 2.24) is 4.90 Å². The molecule has 1 N–H and O–H groups in total. The molecule has 3 nitrogen and oxygen atoms in total. The second kappa shape index (κ2) is 8.82. The third-order valence-corrected chi connectivity index (χ3v) is 4.35. The molecule has 2 rings (SSSR count). The highest BCUT2D eigenvalue weighted by molar-refractivity contribution is 5.94. The number of nitrogens with zero attached hydrogens (tertiary/aromatic N) is 1. The number of hydrogen-bond acceptors (Lipinski definition) is 2. The number of hydrogen-bond donors (Lipinski definition) is 1. The van der Waals surface area contributed by atoms with Crippen LogP contribution in [0.15, 0.2) is 48.5 Å². The minimum absolute atomic E-state index is 0.0356. The lowest BCUT2D eigenvalue weighted by Crippen LogP contribution is -2.30. The van der Waals surface area contributed by atoms with Crippen LogP contribution in [0.3, 0.4) is 0 Å². The summed E-state index contributed by atoms with van der Waals surface area (Å²) in [5.41, 5.74) is 4.60. The SMILES string of the molecule is CC(C)c1cccc(C(C)C)c1NC(=O)CN(C)Cc1ccccc1. The zero-order valence-electron chi connectivity index (χ0n) is 16.0. The van der Waals surface area contributed by atoms with Gasteiger partial charge in [0, 0.05) is 12.2 Å². The predicted molar refractivity (Wildman–Crippen MR) is 106 cm³/mol. The van der Waals surface area contributed by atoms with Crippen LogP contribution in [0.4, 0.5) is 5.69 Å². The van der Waals surface area contributed by atoms with Crippen LogP contribution in [0, 0.1) is 0 Å². The lowest BCUT2D eigenvalue weighted by Gasteiger charge is -2.22. The van der Waals surface area contributed by atoms with E-state index in [2.05, 4.69) is 63.3 Å². The molecule has 2 aromatic rings. The first kappa shape index (κ1) is 19.2. The Bertz CT molecular complexity index is 666. The highest BCUT2D eigenvalue weighted by atomic mass is 16.2. The maximum Gasteiger partial charge on any atom is 0.238 e. The van der Waals surface area contributed by atoms with Gasteiger partial charge in [0.25, 0.3) is 0 Å². The quantitative estimate of drug-likeness (QED) is 0.770. The van der Waals surface area contributed by atoms with Gasteiger partial charge in [0.05, 0.1) is 6.54 Å². The number of benzene rings is 2. The summed E-state index contributed by atoms with van der Waals surface area (Å²) in [5, 5.41) is 3.18. The van der Waals surface area contributed by atoms with E-state index in [4.69, 9.17) is 0 Å². The van der Waals surface area contributed by atoms with Gasteiger partial charge in [0.2, 0.25) is 5.91 Å². The van der Waals surface area contributed by atoms with E-state index >= 15 is 0 Å². The fourth-order valence-electron chi connectivity index (χ4n) is 3.07. The zero-order chi connectivity index (χ0) is 18.4. The number of para-hydroxylation sites is 1. The second-order valence-electron chi connectivity index (χ2n) is 7.33. The van der Waals surface area contributed by atoms with Crippen molar-refractivity contribution in [2.75, 3.05) is 18.9 Å². The zero-order valence-corrected chi connectivity index (χ0v) is 16.0. The topological polar surface area (TPSA) is 32.3 Å². The average Bonchev–Trinajstić information content (AvgIpc) is 2.55. The number of carbonyl (C=O) groups is 1. The van der Waals surface area contributed by atoms with Crippen LogP contribution in [0.25, 0.3) is 0 Å². The number of anilines is 1. The first-order valence-corrected chi connectivity index (χ1v) is 9.03. The Labute approximate surface area is 152 Å². The number of rotatable bonds is 7. The minimum Gasteiger partial charge on any atom is -0.324 e. The van der Waals surface area contributed by atoms with Crippen LogP contribution in [0.1, 0.15) is 56.2 Å². The van der Waals surface area contributed by atoms with E-state index in [-0.39, 0.29) is 5.91 Å². The van der Waals surface area contributed by atoms with Gasteiger partial charge < -0.3 is 5.32 Å². The number of likely N-dealkylation sites (N-methyl/N-ethyl adjacent to an activating group) is 1. The summed E-state index contributed by atoms with van der Waals surface area (Å²) in [7, 11) is 1.98. The van der Waals surface area contributed by atoms with Crippen LogP contribution < -0.4 is 5.32 Å². The summed E-state index contributed by atoms with van der Waals surface area (Å²) in [6.45, 7) is 9.79. The summed E-state index contributed by atoms with van der Waals surface area (Å²) in [6, 6.07) is 16.5. The maximum atomic E-state index is 12.6. The number of nitrogens with one attached hydrogen (secondary N) is 1. The summed E-state index contributed by atoms with van der Waals surface area (Å²) in [5.74, 6) is 0.778. The third kappa shape index (κ3) is 5.43. The molecule has 0 unspecified atom stereocenters. The molecule has 0 aliphatic carbocycles. The van der Waals surface area contributed by atoms with E-state index in [1.54, 1.807) is 0 Å². The van der Waals surface area contributed by atoms with Gasteiger partial charge in [-0.25, -0.2) is 0 Å². The molecule has 0 aliphatic heterocycles. The Balaban J connectivity index is 2.09. The molecule has 0 aromatic heterocycles. The first-order valence-electron chi connectivity index (χ1n) is 9.03. The van der Waals surface area contributed by atoms with Crippen LogP contribution in [-0.2, 0) is 11.3 Å². The third-order valence-electron chi connectivity index (χ3n) is 4.35. The Morgan fingerprint density at radius 2 is 1.48 bits per heavy atom. The smallest absolute Gasteiger partial charge is 0.238 e. The van der Waals surface area contributed by atoms with Gasteiger partial charge in [-0.1, -0.05) is 76.2 Å². The largest absolute Gasteiger partial charge is 0.324 e. The van der Waals surface area contributed by atoms with Gasteiger partial charge in [-0.15, -0.1) is 0 Å². The molecule has 0 radical (unpaired) electrons. The van der Waals surface area contributed by atoms with Gasteiger partial charge >= 0.3 is 0 Å². The number of amides is 1. The monoisotopic (exact) mass is 338 g/mol. The predicted octanol–water partition coefficient (Wildman–Crippen LogP) is 5.00. The van der Waals surface area contributed by atoms with E-state index in [1.165, 1.54) is 16.7 Å². The van der Waals surface area contributed by atoms with Crippen molar-refractivity contribution in [2.45, 2.75) is 46.1 Å². The summed E-state index contributed by atoms with van der Waals surface area (Å²) >= 11 is 0. The van der Waals surface area contributed by atoms with Gasteiger partial charge in [-0.05, 0) is 35.6 Å². The Kier molecular flexibility index (Phi) is 6.77. The van der Waals surface area contributed by atoms with Crippen molar-refractivity contribution in [3.8, 4) is 0 Å². The molecular weight excluding hydrogens is 308 g/mol. The normalized spacial score (nSPS) is 11.4. The van der Waals surface area contributed by atoms with Crippen LogP contribution in [0.5, 0.6) is 0 Å². The molecule has 0 atom stereocenters. The van der Waals surface area contributed by atoms with Gasteiger partial charge in [-0.2, -0.15) is 0 Å². The molecule has 0 heterocycles. The molecule has 1 amide bonds. The maximum absolute atomic E-state index is 12.6. The van der Waals surface area contributed by atoms with Crippen molar-refractivity contribution >= 4 is 11.6 Å². The molecule has 3 heteroatoms. The molecule has 0 aliphatic rings. The van der Waals surface area contributed by atoms with Crippen LogP contribution >= 0.6 is 0 Å². The molecule has 25 heavy (non-hydrogen) atoms. The standard InChI is InChI=1S/C22H30N2O/c1-16(2)19-12-9-13-20(17(3)4)22(19)23-21(25)15-24(5)14-18-10-7-6-8-11-18/h6-13,16-17H,14-15H2,1-5H3,(H,23,25). The van der Waals surface area contributed by atoms with Crippen molar-refractivity contribution < 1.29 is 4.79 Å². The van der Waals surface area contributed by atoms with Gasteiger partial charge in [-0.3, -0.25) is 9.69 Å². The second-order valence-corrected chi connectivity index (χ2v) is 7.33. The molecule has 0 saturated heterocycles. The van der Waals surface area contributed by atoms with Crippen molar-refractivity contribution in [2.24, 2.45) is 0 Å². The molecule has 134 valence electrons. The summed E-state index contributed by atoms with van der Waals surface area (Å²) in [4.78, 5) is 14.6. The number of carbonyl (C=O) groups excluding carboxylic acids is 1. The molecule has 0 fully saturated rings. The Morgan fingerprint density at radius 1 is 0.920 bits per heavy atom. The minimum atomic E-state index is 0.0356. The highest BCUT2D eigenvalue weighted by Gasteiger charge is 2.16. The van der Waals surface area contributed by atoms with Crippen molar-refractivity contribution in [1.29, 1.82) is 0 Å². The fraction of sp³-hybridized carbons (Fsp3) is 0.409. The van der Waals surface area contributed by atoms with E-state index < -0.39 is 0 Å². The fourth-order valence-corrected chi connectivity index (χ4v) is 3.07. The van der Waals surface area contributed by atoms with E-state index in [0.29, 0.717) is 18.4 Å². The van der Waals surface area contributed by atoms with E-state index in [9.17, 15) is 4.79 Å². The lowest BCUT2D eigenvalue weighted by molar-refractivity contribution is -0.117. The molecule has 0 bridgehead atoms. The van der Waals surface area contributed by atoms with Crippen molar-refractivity contribution in [3.05, 3.63) is 65.2 Å². The van der Waals surface area contributed by atoms with Crippen LogP contribution in [-0.4, -0.2) is 24.4 Å². The van der Waals surface area contributed by atoms with E-state index in [0.717, 1.165) is 12.2 Å². The summed E-state index contributed by atoms with van der Waals surface area (Å²) < 4.78 is 0. The van der Waals surface area contributed by atoms with Gasteiger partial charge in [0.1, 0.15) is 0 Å². The van der Waals surface area contributed by atoms with Gasteiger partial charge in [0.15, 0.2) is 0 Å².